The Morgan fingerprint density at radius 2 is 1.95 bits per heavy atom. The summed E-state index contributed by atoms with van der Waals surface area (Å²) in [6.07, 6.45) is 1.86. The van der Waals surface area contributed by atoms with Crippen LogP contribution in [0.2, 0.25) is 0 Å². The van der Waals surface area contributed by atoms with Gasteiger partial charge in [-0.1, -0.05) is 0 Å². The summed E-state index contributed by atoms with van der Waals surface area (Å²) in [6.45, 7) is 3.01. The van der Waals surface area contributed by atoms with Gasteiger partial charge in [0.05, 0.1) is 12.0 Å². The number of methoxy groups -OCH3 is 1. The van der Waals surface area contributed by atoms with Gasteiger partial charge in [-0.05, 0) is 49.9 Å². The van der Waals surface area contributed by atoms with Crippen molar-refractivity contribution in [3.8, 4) is 5.75 Å². The van der Waals surface area contributed by atoms with Crippen LogP contribution in [0.5, 0.6) is 5.75 Å². The van der Waals surface area contributed by atoms with Crippen molar-refractivity contribution >= 4 is 22.4 Å². The molecule has 0 saturated carbocycles. The first-order valence-electron chi connectivity index (χ1n) is 6.85. The highest BCUT2D eigenvalue weighted by atomic mass is 35.5. The number of ether oxygens (including phenoxy) is 1. The van der Waals surface area contributed by atoms with Crippen LogP contribution in [0.15, 0.2) is 29.2 Å². The minimum Gasteiger partial charge on any atom is -0.497 e. The van der Waals surface area contributed by atoms with Crippen molar-refractivity contribution in [3.05, 3.63) is 24.3 Å². The summed E-state index contributed by atoms with van der Waals surface area (Å²) in [5.74, 6) is 0.882. The molecule has 1 aromatic rings. The van der Waals surface area contributed by atoms with E-state index in [1.165, 1.54) is 0 Å². The van der Waals surface area contributed by atoms with Crippen LogP contribution in [0.4, 0.5) is 0 Å². The molecule has 0 radical (unpaired) electrons. The van der Waals surface area contributed by atoms with E-state index in [-0.39, 0.29) is 24.4 Å². The summed E-state index contributed by atoms with van der Waals surface area (Å²) in [5.41, 5.74) is 5.91. The maximum Gasteiger partial charge on any atom is 0.243 e. The maximum absolute atomic E-state index is 12.6. The first-order valence-corrected chi connectivity index (χ1v) is 8.29. The van der Waals surface area contributed by atoms with E-state index in [0.29, 0.717) is 23.7 Å². The lowest BCUT2D eigenvalue weighted by atomic mass is 9.93. The molecule has 7 heteroatoms. The summed E-state index contributed by atoms with van der Waals surface area (Å²) in [6, 6.07) is 6.52. The quantitative estimate of drug-likeness (QED) is 0.912. The molecule has 2 N–H and O–H groups in total. The molecule has 0 bridgehead atoms. The second kappa shape index (κ2) is 7.45. The van der Waals surface area contributed by atoms with Crippen LogP contribution in [0.1, 0.15) is 19.8 Å². The fraction of sp³-hybridized carbons (Fsp3) is 0.571. The van der Waals surface area contributed by atoms with E-state index >= 15 is 0 Å². The molecule has 1 aliphatic rings. The number of piperidine rings is 1. The lowest BCUT2D eigenvalue weighted by Crippen LogP contribution is -2.44. The second-order valence-corrected chi connectivity index (χ2v) is 7.24. The first kappa shape index (κ1) is 18.2. The van der Waals surface area contributed by atoms with Crippen LogP contribution in [0.3, 0.4) is 0 Å². The Labute approximate surface area is 132 Å². The normalized spacial score (nSPS) is 21.4. The van der Waals surface area contributed by atoms with Crippen molar-refractivity contribution in [2.45, 2.75) is 30.7 Å². The molecule has 1 fully saturated rings. The average molecular weight is 335 g/mol. The molecule has 1 aliphatic heterocycles. The van der Waals surface area contributed by atoms with Gasteiger partial charge in [-0.3, -0.25) is 0 Å². The molecular formula is C14H23ClN2O3S. The summed E-state index contributed by atoms with van der Waals surface area (Å²) >= 11 is 0. The zero-order valence-electron chi connectivity index (χ0n) is 12.4. The molecule has 5 nitrogen and oxygen atoms in total. The molecular weight excluding hydrogens is 312 g/mol. The number of benzene rings is 1. The van der Waals surface area contributed by atoms with Crippen molar-refractivity contribution < 1.29 is 13.2 Å². The molecule has 0 amide bonds. The molecule has 1 aromatic carbocycles. The third-order valence-electron chi connectivity index (χ3n) is 3.86. The average Bonchev–Trinajstić information content (AvgIpc) is 2.47. The third kappa shape index (κ3) is 4.10. The fourth-order valence-electron chi connectivity index (χ4n) is 2.52. The Bertz CT molecular complexity index is 546. The molecule has 2 rings (SSSR count). The van der Waals surface area contributed by atoms with Gasteiger partial charge in [0, 0.05) is 19.1 Å². The first-order chi connectivity index (χ1) is 9.45. The van der Waals surface area contributed by atoms with Crippen molar-refractivity contribution in [2.75, 3.05) is 20.2 Å². The Hall–Kier alpha value is -0.820. The van der Waals surface area contributed by atoms with Gasteiger partial charge >= 0.3 is 0 Å². The Balaban J connectivity index is 0.00000220. The molecule has 0 aliphatic carbocycles. The van der Waals surface area contributed by atoms with Gasteiger partial charge in [0.2, 0.25) is 10.0 Å². The van der Waals surface area contributed by atoms with Gasteiger partial charge in [-0.15, -0.1) is 12.4 Å². The summed E-state index contributed by atoms with van der Waals surface area (Å²) in [4.78, 5) is 0.309. The number of halogens is 1. The summed E-state index contributed by atoms with van der Waals surface area (Å²) in [7, 11) is -1.87. The number of sulfonamides is 1. The maximum atomic E-state index is 12.6. The number of nitrogens with zero attached hydrogens (tertiary/aromatic N) is 1. The van der Waals surface area contributed by atoms with Crippen LogP contribution in [0, 0.1) is 5.92 Å². The zero-order valence-corrected chi connectivity index (χ0v) is 14.0. The predicted molar refractivity (Wildman–Crippen MR) is 85.4 cm³/mol. The van der Waals surface area contributed by atoms with Gasteiger partial charge in [-0.2, -0.15) is 4.31 Å². The molecule has 0 spiro atoms. The van der Waals surface area contributed by atoms with E-state index in [2.05, 4.69) is 0 Å². The van der Waals surface area contributed by atoms with Gasteiger partial charge in [0.1, 0.15) is 5.75 Å². The van der Waals surface area contributed by atoms with E-state index in [1.54, 1.807) is 35.7 Å². The molecule has 2 unspecified atom stereocenters. The smallest absolute Gasteiger partial charge is 0.243 e. The SMILES string of the molecule is COc1ccc(S(=O)(=O)N2CCCC(C(C)N)C2)cc1.Cl. The van der Waals surface area contributed by atoms with Crippen LogP contribution < -0.4 is 10.5 Å². The summed E-state index contributed by atoms with van der Waals surface area (Å²) in [5, 5.41) is 0. The molecule has 1 saturated heterocycles. The van der Waals surface area contributed by atoms with Crippen molar-refractivity contribution in [1.29, 1.82) is 0 Å². The molecule has 1 heterocycles. The van der Waals surface area contributed by atoms with E-state index in [9.17, 15) is 8.42 Å². The molecule has 21 heavy (non-hydrogen) atoms. The Morgan fingerprint density at radius 3 is 2.48 bits per heavy atom. The van der Waals surface area contributed by atoms with Gasteiger partial charge in [0.25, 0.3) is 0 Å². The highest BCUT2D eigenvalue weighted by Gasteiger charge is 2.31. The highest BCUT2D eigenvalue weighted by Crippen LogP contribution is 2.26. The lowest BCUT2D eigenvalue weighted by molar-refractivity contribution is 0.243. The fourth-order valence-corrected chi connectivity index (χ4v) is 4.05. The van der Waals surface area contributed by atoms with Crippen LogP contribution in [0.25, 0.3) is 0 Å². The van der Waals surface area contributed by atoms with Crippen molar-refractivity contribution in [1.82, 2.24) is 4.31 Å². The topological polar surface area (TPSA) is 72.6 Å². The van der Waals surface area contributed by atoms with E-state index < -0.39 is 10.0 Å². The predicted octanol–water partition coefficient (Wildman–Crippen LogP) is 1.86. The zero-order chi connectivity index (χ0) is 14.8. The Morgan fingerprint density at radius 1 is 1.33 bits per heavy atom. The van der Waals surface area contributed by atoms with Crippen molar-refractivity contribution in [2.24, 2.45) is 11.7 Å². The van der Waals surface area contributed by atoms with Crippen molar-refractivity contribution in [3.63, 3.8) is 0 Å². The van der Waals surface area contributed by atoms with E-state index in [4.69, 9.17) is 10.5 Å². The standard InChI is InChI=1S/C14H22N2O3S.ClH/c1-11(15)12-4-3-9-16(10-12)20(17,18)14-7-5-13(19-2)6-8-14;/h5-8,11-12H,3-4,9-10,15H2,1-2H3;1H. The lowest BCUT2D eigenvalue weighted by Gasteiger charge is -2.33. The second-order valence-electron chi connectivity index (χ2n) is 5.30. The number of rotatable bonds is 4. The molecule has 2 atom stereocenters. The van der Waals surface area contributed by atoms with E-state index in [1.807, 2.05) is 6.92 Å². The van der Waals surface area contributed by atoms with Gasteiger partial charge in [0.15, 0.2) is 0 Å². The largest absolute Gasteiger partial charge is 0.497 e. The third-order valence-corrected chi connectivity index (χ3v) is 5.74. The highest BCUT2D eigenvalue weighted by molar-refractivity contribution is 7.89. The number of hydrogen-bond acceptors (Lipinski definition) is 4. The number of hydrogen-bond donors (Lipinski definition) is 1. The van der Waals surface area contributed by atoms with Crippen LogP contribution >= 0.6 is 12.4 Å². The van der Waals surface area contributed by atoms with Crippen LogP contribution in [-0.2, 0) is 10.0 Å². The van der Waals surface area contributed by atoms with Gasteiger partial charge < -0.3 is 10.5 Å². The minimum atomic E-state index is -3.43. The van der Waals surface area contributed by atoms with Crippen LogP contribution in [-0.4, -0.2) is 39.0 Å². The monoisotopic (exact) mass is 334 g/mol. The van der Waals surface area contributed by atoms with E-state index in [0.717, 1.165) is 12.8 Å². The van der Waals surface area contributed by atoms with Gasteiger partial charge in [-0.25, -0.2) is 8.42 Å². The molecule has 0 aromatic heterocycles. The Kier molecular flexibility index (Phi) is 6.46. The summed E-state index contributed by atoms with van der Waals surface area (Å²) < 4.78 is 31.8. The molecule has 120 valence electrons. The minimum absolute atomic E-state index is 0. The number of nitrogens with two attached hydrogens (primary N) is 1.